The Morgan fingerprint density at radius 3 is 2.20 bits per heavy atom. The SMILES string of the molecule is CC(C)CN(C)CC/C=C/CC(C)(C)C. The molecule has 0 saturated heterocycles. The number of allylic oxidation sites excluding steroid dienone is 1. The molecule has 0 atom stereocenters. The first-order valence-corrected chi connectivity index (χ1v) is 6.15. The normalized spacial score (nSPS) is 13.3. The van der Waals surface area contributed by atoms with E-state index in [1.807, 2.05) is 0 Å². The Kier molecular flexibility index (Phi) is 6.91. The fourth-order valence-electron chi connectivity index (χ4n) is 1.56. The summed E-state index contributed by atoms with van der Waals surface area (Å²) in [5, 5.41) is 0. The van der Waals surface area contributed by atoms with Crippen molar-refractivity contribution < 1.29 is 0 Å². The minimum Gasteiger partial charge on any atom is -0.306 e. The molecule has 0 aromatic carbocycles. The topological polar surface area (TPSA) is 3.24 Å². The molecule has 0 N–H and O–H groups in total. The Hall–Kier alpha value is -0.300. The van der Waals surface area contributed by atoms with Gasteiger partial charge in [0.2, 0.25) is 0 Å². The first-order valence-electron chi connectivity index (χ1n) is 6.15. The van der Waals surface area contributed by atoms with Crippen molar-refractivity contribution in [1.82, 2.24) is 4.90 Å². The lowest BCUT2D eigenvalue weighted by Gasteiger charge is -2.18. The zero-order valence-corrected chi connectivity index (χ0v) is 11.5. The highest BCUT2D eigenvalue weighted by Gasteiger charge is 2.06. The van der Waals surface area contributed by atoms with Crippen LogP contribution < -0.4 is 0 Å². The third-order valence-corrected chi connectivity index (χ3v) is 2.25. The summed E-state index contributed by atoms with van der Waals surface area (Å²) in [4.78, 5) is 2.41. The second-order valence-corrected chi connectivity index (χ2v) is 6.18. The Morgan fingerprint density at radius 2 is 1.73 bits per heavy atom. The van der Waals surface area contributed by atoms with E-state index in [1.165, 1.54) is 25.9 Å². The largest absolute Gasteiger partial charge is 0.306 e. The second kappa shape index (κ2) is 7.05. The van der Waals surface area contributed by atoms with Gasteiger partial charge in [0.15, 0.2) is 0 Å². The van der Waals surface area contributed by atoms with Crippen molar-refractivity contribution in [2.45, 2.75) is 47.5 Å². The molecule has 0 aliphatic rings. The maximum absolute atomic E-state index is 2.41. The van der Waals surface area contributed by atoms with Gasteiger partial charge in [-0.25, -0.2) is 0 Å². The molecule has 0 heterocycles. The van der Waals surface area contributed by atoms with Gasteiger partial charge in [-0.1, -0.05) is 46.8 Å². The molecule has 0 aliphatic heterocycles. The summed E-state index contributed by atoms with van der Waals surface area (Å²) in [6.45, 7) is 13.8. The van der Waals surface area contributed by atoms with Gasteiger partial charge in [-0.2, -0.15) is 0 Å². The van der Waals surface area contributed by atoms with Crippen molar-refractivity contribution >= 4 is 0 Å². The Balaban J connectivity index is 3.53. The second-order valence-electron chi connectivity index (χ2n) is 6.18. The summed E-state index contributed by atoms with van der Waals surface area (Å²) >= 11 is 0. The summed E-state index contributed by atoms with van der Waals surface area (Å²) in [5.74, 6) is 0.772. The van der Waals surface area contributed by atoms with Crippen LogP contribution in [0.3, 0.4) is 0 Å². The third-order valence-electron chi connectivity index (χ3n) is 2.25. The van der Waals surface area contributed by atoms with E-state index in [0.717, 1.165) is 5.92 Å². The van der Waals surface area contributed by atoms with Gasteiger partial charge in [-0.15, -0.1) is 0 Å². The molecule has 0 aromatic heterocycles. The van der Waals surface area contributed by atoms with Gasteiger partial charge in [0.05, 0.1) is 0 Å². The van der Waals surface area contributed by atoms with Crippen molar-refractivity contribution in [2.75, 3.05) is 20.1 Å². The summed E-state index contributed by atoms with van der Waals surface area (Å²) in [5.41, 5.74) is 0.431. The van der Waals surface area contributed by atoms with Gasteiger partial charge in [-0.05, 0) is 31.2 Å². The average molecular weight is 211 g/mol. The van der Waals surface area contributed by atoms with Gasteiger partial charge in [0.1, 0.15) is 0 Å². The van der Waals surface area contributed by atoms with E-state index in [1.54, 1.807) is 0 Å². The van der Waals surface area contributed by atoms with Crippen molar-refractivity contribution in [3.8, 4) is 0 Å². The highest BCUT2D eigenvalue weighted by molar-refractivity contribution is 4.86. The molecule has 1 nitrogen and oxygen atoms in total. The quantitative estimate of drug-likeness (QED) is 0.601. The maximum Gasteiger partial charge on any atom is 0.00130 e. The van der Waals surface area contributed by atoms with E-state index in [4.69, 9.17) is 0 Å². The number of nitrogens with zero attached hydrogens (tertiary/aromatic N) is 1. The first kappa shape index (κ1) is 14.7. The van der Waals surface area contributed by atoms with Crippen LogP contribution >= 0.6 is 0 Å². The van der Waals surface area contributed by atoms with Crippen LogP contribution in [0.1, 0.15) is 47.5 Å². The monoisotopic (exact) mass is 211 g/mol. The predicted octanol–water partition coefficient (Wildman–Crippen LogP) is 3.96. The molecule has 0 unspecified atom stereocenters. The van der Waals surface area contributed by atoms with Crippen LogP contribution in [-0.4, -0.2) is 25.0 Å². The van der Waals surface area contributed by atoms with Crippen molar-refractivity contribution in [3.63, 3.8) is 0 Å². The van der Waals surface area contributed by atoms with Crippen LogP contribution in [0.25, 0.3) is 0 Å². The molecule has 0 saturated carbocycles. The van der Waals surface area contributed by atoms with Gasteiger partial charge < -0.3 is 4.90 Å². The van der Waals surface area contributed by atoms with Crippen molar-refractivity contribution in [2.24, 2.45) is 11.3 Å². The Bertz CT molecular complexity index is 174. The van der Waals surface area contributed by atoms with Gasteiger partial charge >= 0.3 is 0 Å². The van der Waals surface area contributed by atoms with Crippen LogP contribution in [-0.2, 0) is 0 Å². The van der Waals surface area contributed by atoms with E-state index >= 15 is 0 Å². The van der Waals surface area contributed by atoms with E-state index in [2.05, 4.69) is 58.7 Å². The fraction of sp³-hybridized carbons (Fsp3) is 0.857. The fourth-order valence-corrected chi connectivity index (χ4v) is 1.56. The average Bonchev–Trinajstić information content (AvgIpc) is 1.99. The molecule has 90 valence electrons. The van der Waals surface area contributed by atoms with Crippen LogP contribution in [0.4, 0.5) is 0 Å². The van der Waals surface area contributed by atoms with Gasteiger partial charge in [0, 0.05) is 13.1 Å². The minimum absolute atomic E-state index is 0.431. The predicted molar refractivity (Wildman–Crippen MR) is 70.2 cm³/mol. The molecular weight excluding hydrogens is 182 g/mol. The molecular formula is C14H29N. The third kappa shape index (κ3) is 11.6. The lowest BCUT2D eigenvalue weighted by Crippen LogP contribution is -2.23. The molecule has 0 aromatic rings. The molecule has 0 aliphatic carbocycles. The maximum atomic E-state index is 2.41. The minimum atomic E-state index is 0.431. The Labute approximate surface area is 96.6 Å². The number of hydrogen-bond acceptors (Lipinski definition) is 1. The zero-order valence-electron chi connectivity index (χ0n) is 11.5. The van der Waals surface area contributed by atoms with Crippen LogP contribution in [0.2, 0.25) is 0 Å². The molecule has 0 spiro atoms. The zero-order chi connectivity index (χ0) is 11.9. The molecule has 0 fully saturated rings. The molecule has 0 amide bonds. The lowest BCUT2D eigenvalue weighted by molar-refractivity contribution is 0.301. The van der Waals surface area contributed by atoms with Crippen molar-refractivity contribution in [3.05, 3.63) is 12.2 Å². The highest BCUT2D eigenvalue weighted by Crippen LogP contribution is 2.18. The standard InChI is InChI=1S/C14H29N/c1-13(2)12-15(6)11-9-7-8-10-14(3,4)5/h7-8,13H,9-12H2,1-6H3/b8-7+. The molecule has 1 heteroatoms. The lowest BCUT2D eigenvalue weighted by atomic mass is 9.92. The summed E-state index contributed by atoms with van der Waals surface area (Å²) in [6.07, 6.45) is 7.01. The van der Waals surface area contributed by atoms with Gasteiger partial charge in [-0.3, -0.25) is 0 Å². The van der Waals surface area contributed by atoms with Crippen molar-refractivity contribution in [1.29, 1.82) is 0 Å². The van der Waals surface area contributed by atoms with E-state index in [-0.39, 0.29) is 0 Å². The Morgan fingerprint density at radius 1 is 1.13 bits per heavy atom. The van der Waals surface area contributed by atoms with Crippen LogP contribution in [0.5, 0.6) is 0 Å². The molecule has 0 rings (SSSR count). The number of hydrogen-bond donors (Lipinski definition) is 0. The van der Waals surface area contributed by atoms with E-state index in [9.17, 15) is 0 Å². The molecule has 0 radical (unpaired) electrons. The first-order chi connectivity index (χ1) is 6.81. The van der Waals surface area contributed by atoms with Crippen LogP contribution in [0.15, 0.2) is 12.2 Å². The van der Waals surface area contributed by atoms with E-state index < -0.39 is 0 Å². The number of rotatable bonds is 6. The molecule has 0 bridgehead atoms. The summed E-state index contributed by atoms with van der Waals surface area (Å²) < 4.78 is 0. The van der Waals surface area contributed by atoms with E-state index in [0.29, 0.717) is 5.41 Å². The highest BCUT2D eigenvalue weighted by atomic mass is 15.1. The molecule has 15 heavy (non-hydrogen) atoms. The summed E-state index contributed by atoms with van der Waals surface area (Å²) in [6, 6.07) is 0. The summed E-state index contributed by atoms with van der Waals surface area (Å²) in [7, 11) is 2.21. The van der Waals surface area contributed by atoms with Gasteiger partial charge in [0.25, 0.3) is 0 Å². The van der Waals surface area contributed by atoms with Crippen LogP contribution in [0, 0.1) is 11.3 Å². The smallest absolute Gasteiger partial charge is 0.00130 e.